The van der Waals surface area contributed by atoms with E-state index in [1.807, 2.05) is 25.1 Å². The van der Waals surface area contributed by atoms with Crippen LogP contribution in [0.1, 0.15) is 44.2 Å². The molecule has 1 aliphatic carbocycles. The van der Waals surface area contributed by atoms with E-state index in [1.165, 1.54) is 12.1 Å². The van der Waals surface area contributed by atoms with E-state index in [4.69, 9.17) is 11.6 Å². The van der Waals surface area contributed by atoms with Crippen LogP contribution in [-0.4, -0.2) is 28.9 Å². The molecular formula is C23H25ClFN3O2. The number of benzene rings is 2. The molecule has 0 aromatic heterocycles. The molecule has 0 saturated heterocycles. The van der Waals surface area contributed by atoms with Crippen molar-refractivity contribution < 1.29 is 14.3 Å². The van der Waals surface area contributed by atoms with E-state index in [2.05, 4.69) is 10.4 Å². The van der Waals surface area contributed by atoms with Crippen molar-refractivity contribution in [2.45, 2.75) is 50.8 Å². The van der Waals surface area contributed by atoms with Gasteiger partial charge in [-0.3, -0.25) is 9.80 Å². The summed E-state index contributed by atoms with van der Waals surface area (Å²) in [6.45, 7) is 1.93. The zero-order valence-electron chi connectivity index (χ0n) is 16.8. The largest absolute Gasteiger partial charge is 0.391 e. The number of hydrogen-bond donors (Lipinski definition) is 2. The van der Waals surface area contributed by atoms with Crippen molar-refractivity contribution in [3.05, 3.63) is 64.9 Å². The van der Waals surface area contributed by atoms with Gasteiger partial charge in [-0.05, 0) is 42.7 Å². The summed E-state index contributed by atoms with van der Waals surface area (Å²) < 4.78 is 13.5. The number of halogens is 2. The third-order valence-corrected chi connectivity index (χ3v) is 6.29. The number of carbonyl (C=O) groups excluding carboxylic acids is 1. The first-order chi connectivity index (χ1) is 14.5. The normalized spacial score (nSPS) is 26.4. The van der Waals surface area contributed by atoms with Crippen LogP contribution < -0.4 is 10.3 Å². The molecule has 1 aliphatic heterocycles. The second-order valence-electron chi connectivity index (χ2n) is 8.00. The van der Waals surface area contributed by atoms with Gasteiger partial charge in [-0.25, -0.2) is 4.39 Å². The molecule has 7 heteroatoms. The Balaban J connectivity index is 1.67. The lowest BCUT2D eigenvalue weighted by molar-refractivity contribution is -0.116. The standard InChI is InChI=1S/C23H25ClFN3O2/c1-14-21(23(30)26-18-7-3-5-9-20(18)29)27-28(19-8-4-2-6-17(19)24)22(14)15-10-12-16(25)13-11-15/h2,4,6,8,10-14,18,20,22,29H,3,5,7,9H2,1H3,(H,26,30)/t14-,18-,20-,22+/m0/s1. The number of rotatable bonds is 4. The minimum Gasteiger partial charge on any atom is -0.391 e. The van der Waals surface area contributed by atoms with Gasteiger partial charge in [0, 0.05) is 5.92 Å². The minimum absolute atomic E-state index is 0.257. The third kappa shape index (κ3) is 4.07. The molecule has 1 fully saturated rings. The molecule has 2 aromatic carbocycles. The van der Waals surface area contributed by atoms with Gasteiger partial charge >= 0.3 is 0 Å². The second kappa shape index (κ2) is 8.74. The van der Waals surface area contributed by atoms with Crippen LogP contribution in [-0.2, 0) is 4.79 Å². The molecule has 4 rings (SSSR count). The average molecular weight is 430 g/mol. The summed E-state index contributed by atoms with van der Waals surface area (Å²) in [5.74, 6) is -0.860. The van der Waals surface area contributed by atoms with Gasteiger partial charge in [0.2, 0.25) is 0 Å². The Labute approximate surface area is 180 Å². The van der Waals surface area contributed by atoms with Crippen molar-refractivity contribution in [1.29, 1.82) is 0 Å². The summed E-state index contributed by atoms with van der Waals surface area (Å²) in [6, 6.07) is 13.0. The highest BCUT2D eigenvalue weighted by Gasteiger charge is 2.40. The highest BCUT2D eigenvalue weighted by atomic mass is 35.5. The van der Waals surface area contributed by atoms with Crippen molar-refractivity contribution in [3.8, 4) is 0 Å². The summed E-state index contributed by atoms with van der Waals surface area (Å²) in [5, 5.41) is 20.1. The second-order valence-corrected chi connectivity index (χ2v) is 8.41. The molecule has 158 valence electrons. The van der Waals surface area contributed by atoms with Crippen LogP contribution in [0.2, 0.25) is 5.02 Å². The molecule has 0 bridgehead atoms. The Morgan fingerprint density at radius 2 is 1.87 bits per heavy atom. The Bertz CT molecular complexity index is 950. The number of aliphatic hydroxyl groups is 1. The van der Waals surface area contributed by atoms with Crippen molar-refractivity contribution in [2.75, 3.05) is 5.01 Å². The minimum atomic E-state index is -0.535. The van der Waals surface area contributed by atoms with E-state index in [9.17, 15) is 14.3 Å². The van der Waals surface area contributed by atoms with E-state index in [1.54, 1.807) is 23.2 Å². The van der Waals surface area contributed by atoms with Gasteiger partial charge in [0.05, 0.1) is 28.9 Å². The lowest BCUT2D eigenvalue weighted by atomic mass is 9.89. The first-order valence-electron chi connectivity index (χ1n) is 10.3. The summed E-state index contributed by atoms with van der Waals surface area (Å²) in [6.07, 6.45) is 2.86. The maximum Gasteiger partial charge on any atom is 0.268 e. The zero-order chi connectivity index (χ0) is 21.3. The van der Waals surface area contributed by atoms with Crippen molar-refractivity contribution in [2.24, 2.45) is 11.0 Å². The van der Waals surface area contributed by atoms with Crippen LogP contribution in [0, 0.1) is 11.7 Å². The summed E-state index contributed by atoms with van der Waals surface area (Å²) >= 11 is 6.43. The third-order valence-electron chi connectivity index (χ3n) is 5.97. The van der Waals surface area contributed by atoms with E-state index < -0.39 is 6.10 Å². The Morgan fingerprint density at radius 1 is 1.17 bits per heavy atom. The summed E-state index contributed by atoms with van der Waals surface area (Å²) in [7, 11) is 0. The molecule has 2 N–H and O–H groups in total. The predicted molar refractivity (Wildman–Crippen MR) is 116 cm³/mol. The molecule has 2 aliphatic rings. The smallest absolute Gasteiger partial charge is 0.268 e. The number of carbonyl (C=O) groups is 1. The fraction of sp³-hybridized carbons (Fsp3) is 0.391. The number of hydrogen-bond acceptors (Lipinski definition) is 4. The van der Waals surface area contributed by atoms with Crippen molar-refractivity contribution in [1.82, 2.24) is 5.32 Å². The van der Waals surface area contributed by atoms with E-state index in [0.717, 1.165) is 24.8 Å². The van der Waals surface area contributed by atoms with Gasteiger partial charge < -0.3 is 10.4 Å². The van der Waals surface area contributed by atoms with Gasteiger partial charge in [-0.15, -0.1) is 0 Å². The summed E-state index contributed by atoms with van der Waals surface area (Å²) in [4.78, 5) is 13.1. The number of amides is 1. The van der Waals surface area contributed by atoms with Crippen molar-refractivity contribution >= 4 is 28.9 Å². The topological polar surface area (TPSA) is 64.9 Å². The maximum absolute atomic E-state index is 13.5. The van der Waals surface area contributed by atoms with Crippen LogP contribution in [0.4, 0.5) is 10.1 Å². The molecule has 1 saturated carbocycles. The number of aliphatic hydroxyl groups excluding tert-OH is 1. The highest BCUT2D eigenvalue weighted by Crippen LogP contribution is 2.41. The van der Waals surface area contributed by atoms with E-state index in [0.29, 0.717) is 22.8 Å². The Morgan fingerprint density at radius 3 is 2.57 bits per heavy atom. The number of anilines is 1. The van der Waals surface area contributed by atoms with Crippen LogP contribution in [0.15, 0.2) is 53.6 Å². The van der Waals surface area contributed by atoms with Crippen LogP contribution in [0.25, 0.3) is 0 Å². The molecular weight excluding hydrogens is 405 g/mol. The molecule has 1 amide bonds. The number of nitrogens with zero attached hydrogens (tertiary/aromatic N) is 2. The molecule has 30 heavy (non-hydrogen) atoms. The van der Waals surface area contributed by atoms with Gasteiger partial charge in [0.15, 0.2) is 0 Å². The molecule has 1 heterocycles. The highest BCUT2D eigenvalue weighted by molar-refractivity contribution is 6.41. The molecule has 0 spiro atoms. The Kier molecular flexibility index (Phi) is 6.06. The van der Waals surface area contributed by atoms with Gasteiger partial charge in [0.25, 0.3) is 5.91 Å². The number of nitrogens with one attached hydrogen (secondary N) is 1. The fourth-order valence-electron chi connectivity index (χ4n) is 4.34. The number of hydrazone groups is 1. The lowest BCUT2D eigenvalue weighted by Gasteiger charge is -2.29. The SMILES string of the molecule is C[C@H]1C(C(=O)N[C@H]2CCCC[C@@H]2O)=NN(c2ccccc2Cl)[C@H]1c1ccc(F)cc1. The predicted octanol–water partition coefficient (Wildman–Crippen LogP) is 4.45. The molecule has 0 radical (unpaired) electrons. The molecule has 5 nitrogen and oxygen atoms in total. The van der Waals surface area contributed by atoms with Gasteiger partial charge in [-0.1, -0.05) is 55.6 Å². The summed E-state index contributed by atoms with van der Waals surface area (Å²) in [5.41, 5.74) is 1.90. The lowest BCUT2D eigenvalue weighted by Crippen LogP contribution is -2.48. The van der Waals surface area contributed by atoms with Crippen LogP contribution >= 0.6 is 11.6 Å². The van der Waals surface area contributed by atoms with Crippen molar-refractivity contribution in [3.63, 3.8) is 0 Å². The zero-order valence-corrected chi connectivity index (χ0v) is 17.5. The molecule has 2 aromatic rings. The number of para-hydroxylation sites is 1. The van der Waals surface area contributed by atoms with Gasteiger partial charge in [0.1, 0.15) is 11.5 Å². The van der Waals surface area contributed by atoms with E-state index in [-0.39, 0.29) is 29.7 Å². The fourth-order valence-corrected chi connectivity index (χ4v) is 4.56. The van der Waals surface area contributed by atoms with Gasteiger partial charge in [-0.2, -0.15) is 5.10 Å². The quantitative estimate of drug-likeness (QED) is 0.754. The maximum atomic E-state index is 13.5. The van der Waals surface area contributed by atoms with E-state index >= 15 is 0 Å². The average Bonchev–Trinajstić information content (AvgIpc) is 3.08. The van der Waals surface area contributed by atoms with Crippen LogP contribution in [0.5, 0.6) is 0 Å². The van der Waals surface area contributed by atoms with Crippen LogP contribution in [0.3, 0.4) is 0 Å². The molecule has 4 atom stereocenters. The first kappa shape index (κ1) is 20.8. The first-order valence-corrected chi connectivity index (χ1v) is 10.7. The monoisotopic (exact) mass is 429 g/mol. The Hall–Kier alpha value is -2.44. The molecule has 0 unspecified atom stereocenters.